The minimum Gasteiger partial charge on any atom is -0.489 e. The van der Waals surface area contributed by atoms with Crippen molar-refractivity contribution >= 4 is 6.29 Å². The SMILES string of the molecule is C=C(C=O)COc1ccc(C(C)(C)c2ccccc2)cc1. The van der Waals surface area contributed by atoms with Crippen LogP contribution in [-0.2, 0) is 10.2 Å². The standard InChI is InChI=1S/C19H20O2/c1-15(13-20)14-21-18-11-9-17(10-12-18)19(2,3)16-7-5-4-6-8-16/h4-13H,1,14H2,2-3H3. The number of carbonyl (C=O) groups is 1. The maximum Gasteiger partial charge on any atom is 0.148 e. The maximum atomic E-state index is 10.5. The molecular weight excluding hydrogens is 260 g/mol. The predicted molar refractivity (Wildman–Crippen MR) is 85.7 cm³/mol. The van der Waals surface area contributed by atoms with Crippen LogP contribution in [0, 0.1) is 0 Å². The number of carbonyl (C=O) groups excluding carboxylic acids is 1. The third-order valence-corrected chi connectivity index (χ3v) is 3.66. The molecule has 2 rings (SSSR count). The Morgan fingerprint density at radius 2 is 1.62 bits per heavy atom. The summed E-state index contributed by atoms with van der Waals surface area (Å²) in [6.07, 6.45) is 0.715. The molecule has 2 aromatic rings. The molecule has 0 aliphatic heterocycles. The van der Waals surface area contributed by atoms with Crippen LogP contribution >= 0.6 is 0 Å². The smallest absolute Gasteiger partial charge is 0.148 e. The summed E-state index contributed by atoms with van der Waals surface area (Å²) in [5.74, 6) is 0.741. The van der Waals surface area contributed by atoms with Gasteiger partial charge in [-0.1, -0.05) is 62.9 Å². The van der Waals surface area contributed by atoms with E-state index in [1.165, 1.54) is 11.1 Å². The van der Waals surface area contributed by atoms with Crippen LogP contribution in [0.15, 0.2) is 66.7 Å². The largest absolute Gasteiger partial charge is 0.489 e. The second-order valence-corrected chi connectivity index (χ2v) is 5.58. The normalized spacial score (nSPS) is 11.0. The van der Waals surface area contributed by atoms with E-state index in [4.69, 9.17) is 4.74 Å². The first-order chi connectivity index (χ1) is 10.0. The van der Waals surface area contributed by atoms with Gasteiger partial charge in [0, 0.05) is 11.0 Å². The Bertz CT molecular complexity index is 610. The van der Waals surface area contributed by atoms with Gasteiger partial charge in [0.15, 0.2) is 0 Å². The van der Waals surface area contributed by atoms with Gasteiger partial charge >= 0.3 is 0 Å². The van der Waals surface area contributed by atoms with Crippen LogP contribution in [0.2, 0.25) is 0 Å². The molecular formula is C19H20O2. The third-order valence-electron chi connectivity index (χ3n) is 3.66. The molecule has 0 radical (unpaired) electrons. The van der Waals surface area contributed by atoms with Crippen LogP contribution in [-0.4, -0.2) is 12.9 Å². The molecule has 0 aliphatic carbocycles. The lowest BCUT2D eigenvalue weighted by atomic mass is 9.78. The average molecular weight is 280 g/mol. The summed E-state index contributed by atoms with van der Waals surface area (Å²) >= 11 is 0. The van der Waals surface area contributed by atoms with Crippen LogP contribution in [0.3, 0.4) is 0 Å². The first-order valence-corrected chi connectivity index (χ1v) is 6.96. The lowest BCUT2D eigenvalue weighted by Crippen LogP contribution is -2.18. The van der Waals surface area contributed by atoms with Crippen LogP contribution in [0.4, 0.5) is 0 Å². The van der Waals surface area contributed by atoms with Crippen LogP contribution in [0.1, 0.15) is 25.0 Å². The summed E-state index contributed by atoms with van der Waals surface area (Å²) in [5, 5.41) is 0. The number of rotatable bonds is 6. The van der Waals surface area contributed by atoms with E-state index >= 15 is 0 Å². The van der Waals surface area contributed by atoms with Gasteiger partial charge in [-0.3, -0.25) is 4.79 Å². The van der Waals surface area contributed by atoms with Crippen LogP contribution in [0.5, 0.6) is 5.75 Å². The summed E-state index contributed by atoms with van der Waals surface area (Å²) in [6.45, 7) is 8.22. The molecule has 108 valence electrons. The van der Waals surface area contributed by atoms with Crippen molar-refractivity contribution in [3.8, 4) is 5.75 Å². The Labute approximate surface area is 126 Å². The molecule has 0 fully saturated rings. The van der Waals surface area contributed by atoms with E-state index in [9.17, 15) is 4.79 Å². The van der Waals surface area contributed by atoms with E-state index in [-0.39, 0.29) is 12.0 Å². The molecule has 21 heavy (non-hydrogen) atoms. The van der Waals surface area contributed by atoms with E-state index in [0.717, 1.165) is 5.75 Å². The Kier molecular flexibility index (Phi) is 4.59. The van der Waals surface area contributed by atoms with E-state index in [2.05, 4.69) is 56.8 Å². The number of hydrogen-bond acceptors (Lipinski definition) is 2. The molecule has 2 heteroatoms. The van der Waals surface area contributed by atoms with Gasteiger partial charge in [0.05, 0.1) is 0 Å². The van der Waals surface area contributed by atoms with Crippen molar-refractivity contribution in [1.29, 1.82) is 0 Å². The van der Waals surface area contributed by atoms with Gasteiger partial charge in [-0.05, 0) is 23.3 Å². The molecule has 2 aromatic carbocycles. The lowest BCUT2D eigenvalue weighted by Gasteiger charge is -2.26. The molecule has 0 atom stereocenters. The van der Waals surface area contributed by atoms with Gasteiger partial charge in [-0.15, -0.1) is 0 Å². The zero-order valence-electron chi connectivity index (χ0n) is 12.5. The highest BCUT2D eigenvalue weighted by Gasteiger charge is 2.22. The molecule has 0 saturated carbocycles. The summed E-state index contributed by atoms with van der Waals surface area (Å²) in [6, 6.07) is 18.4. The van der Waals surface area contributed by atoms with E-state index < -0.39 is 0 Å². The molecule has 0 N–H and O–H groups in total. The first-order valence-electron chi connectivity index (χ1n) is 6.96. The van der Waals surface area contributed by atoms with E-state index in [0.29, 0.717) is 11.9 Å². The second-order valence-electron chi connectivity index (χ2n) is 5.58. The zero-order chi connectivity index (χ0) is 15.3. The van der Waals surface area contributed by atoms with Crippen molar-refractivity contribution in [2.75, 3.05) is 6.61 Å². The van der Waals surface area contributed by atoms with Gasteiger partial charge in [0.25, 0.3) is 0 Å². The fourth-order valence-corrected chi connectivity index (χ4v) is 2.20. The highest BCUT2D eigenvalue weighted by atomic mass is 16.5. The van der Waals surface area contributed by atoms with Gasteiger partial charge in [-0.2, -0.15) is 0 Å². The first kappa shape index (κ1) is 15.0. The van der Waals surface area contributed by atoms with Gasteiger partial charge < -0.3 is 4.74 Å². The Morgan fingerprint density at radius 1 is 1.05 bits per heavy atom. The zero-order valence-corrected chi connectivity index (χ0v) is 12.5. The minimum absolute atomic E-state index is 0.0633. The summed E-state index contributed by atoms with van der Waals surface area (Å²) in [7, 11) is 0. The molecule has 0 aliphatic rings. The summed E-state index contributed by atoms with van der Waals surface area (Å²) in [5.41, 5.74) is 2.86. The lowest BCUT2D eigenvalue weighted by molar-refractivity contribution is -0.105. The van der Waals surface area contributed by atoms with Gasteiger partial charge in [-0.25, -0.2) is 0 Å². The van der Waals surface area contributed by atoms with Crippen molar-refractivity contribution in [1.82, 2.24) is 0 Å². The van der Waals surface area contributed by atoms with Crippen molar-refractivity contribution in [3.05, 3.63) is 77.9 Å². The fourth-order valence-electron chi connectivity index (χ4n) is 2.20. The highest BCUT2D eigenvalue weighted by Crippen LogP contribution is 2.32. The number of hydrogen-bond donors (Lipinski definition) is 0. The molecule has 0 bridgehead atoms. The summed E-state index contributed by atoms with van der Waals surface area (Å²) in [4.78, 5) is 10.5. The molecule has 0 amide bonds. The van der Waals surface area contributed by atoms with Crippen molar-refractivity contribution < 1.29 is 9.53 Å². The third kappa shape index (κ3) is 3.60. The Hall–Kier alpha value is -2.35. The second kappa shape index (κ2) is 6.40. The molecule has 2 nitrogen and oxygen atoms in total. The van der Waals surface area contributed by atoms with Crippen molar-refractivity contribution in [2.45, 2.75) is 19.3 Å². The molecule has 0 unspecified atom stereocenters. The van der Waals surface area contributed by atoms with Crippen molar-refractivity contribution in [3.63, 3.8) is 0 Å². The maximum absolute atomic E-state index is 10.5. The van der Waals surface area contributed by atoms with Crippen LogP contribution in [0.25, 0.3) is 0 Å². The molecule has 0 spiro atoms. The van der Waals surface area contributed by atoms with Gasteiger partial charge in [0.1, 0.15) is 18.6 Å². The van der Waals surface area contributed by atoms with E-state index in [1.807, 2.05) is 18.2 Å². The minimum atomic E-state index is -0.0633. The predicted octanol–water partition coefficient (Wildman–Crippen LogP) is 4.15. The molecule has 0 heterocycles. The number of ether oxygens (including phenoxy) is 1. The average Bonchev–Trinajstić information content (AvgIpc) is 2.53. The quantitative estimate of drug-likeness (QED) is 0.587. The van der Waals surface area contributed by atoms with E-state index in [1.54, 1.807) is 0 Å². The molecule has 0 aromatic heterocycles. The fraction of sp³-hybridized carbons (Fsp3) is 0.211. The Balaban J connectivity index is 2.15. The topological polar surface area (TPSA) is 26.3 Å². The monoisotopic (exact) mass is 280 g/mol. The van der Waals surface area contributed by atoms with Crippen LogP contribution < -0.4 is 4.74 Å². The number of benzene rings is 2. The molecule has 0 saturated heterocycles. The van der Waals surface area contributed by atoms with Gasteiger partial charge in [0.2, 0.25) is 0 Å². The number of aldehydes is 1. The highest BCUT2D eigenvalue weighted by molar-refractivity contribution is 5.72. The van der Waals surface area contributed by atoms with Crippen molar-refractivity contribution in [2.24, 2.45) is 0 Å². The Morgan fingerprint density at radius 3 is 2.19 bits per heavy atom. The summed E-state index contributed by atoms with van der Waals surface area (Å²) < 4.78 is 5.50.